The zero-order valence-electron chi connectivity index (χ0n) is 22.2. The molecule has 0 aliphatic rings. The number of aromatic nitrogens is 2. The zero-order valence-corrected chi connectivity index (χ0v) is 22.2. The molecule has 1 aromatic carbocycles. The van der Waals surface area contributed by atoms with Gasteiger partial charge in [0.1, 0.15) is 0 Å². The third kappa shape index (κ3) is 10.4. The molecule has 0 radical (unpaired) electrons. The van der Waals surface area contributed by atoms with E-state index in [2.05, 4.69) is 17.3 Å². The second-order valence-electron chi connectivity index (χ2n) is 9.85. The minimum absolute atomic E-state index is 0.00172. The monoisotopic (exact) mass is 467 g/mol. The fourth-order valence-electron chi connectivity index (χ4n) is 4.76. The number of nitrogens with one attached hydrogen (secondary N) is 1. The Bertz CT molecular complexity index is 797. The van der Waals surface area contributed by atoms with Crippen LogP contribution in [0.1, 0.15) is 131 Å². The summed E-state index contributed by atoms with van der Waals surface area (Å²) in [5.74, 6) is -0.00172. The summed E-state index contributed by atoms with van der Waals surface area (Å²) >= 11 is 0. The van der Waals surface area contributed by atoms with Crippen LogP contribution in [0.15, 0.2) is 30.3 Å². The topological polar surface area (TPSA) is 46.9 Å². The molecule has 2 aromatic rings. The molecule has 34 heavy (non-hydrogen) atoms. The van der Waals surface area contributed by atoms with Gasteiger partial charge in [-0.05, 0) is 32.4 Å². The SMILES string of the molecule is CCCCCCCCCCCCCCCCCCNC(=O)c1c(C)nn(-c2ccccc2)c1C. The number of hydrogen-bond acceptors (Lipinski definition) is 2. The summed E-state index contributed by atoms with van der Waals surface area (Å²) in [6.45, 7) is 6.91. The molecule has 0 aliphatic heterocycles. The minimum Gasteiger partial charge on any atom is -0.352 e. The molecule has 0 saturated carbocycles. The first-order valence-corrected chi connectivity index (χ1v) is 14.0. The molecule has 0 saturated heterocycles. The molecule has 4 nitrogen and oxygen atoms in total. The lowest BCUT2D eigenvalue weighted by Gasteiger charge is -2.07. The van der Waals surface area contributed by atoms with E-state index < -0.39 is 0 Å². The van der Waals surface area contributed by atoms with E-state index in [0.717, 1.165) is 30.0 Å². The van der Waals surface area contributed by atoms with Gasteiger partial charge in [0.2, 0.25) is 0 Å². The number of carbonyl (C=O) groups is 1. The quantitative estimate of drug-likeness (QED) is 0.211. The van der Waals surface area contributed by atoms with Gasteiger partial charge in [0.25, 0.3) is 5.91 Å². The molecule has 190 valence electrons. The molecular weight excluding hydrogens is 418 g/mol. The minimum atomic E-state index is -0.00172. The standard InChI is InChI=1S/C30H49N3O/c1-4-5-6-7-8-9-10-11-12-13-14-15-16-17-18-22-25-31-30(34)29-26(2)32-33(27(29)3)28-23-20-19-21-24-28/h19-21,23-24H,4-18,22,25H2,1-3H3,(H,31,34). The van der Waals surface area contributed by atoms with Crippen molar-refractivity contribution in [1.82, 2.24) is 15.1 Å². The van der Waals surface area contributed by atoms with Crippen LogP contribution in [0.3, 0.4) is 0 Å². The third-order valence-electron chi connectivity index (χ3n) is 6.84. The number of benzene rings is 1. The van der Waals surface area contributed by atoms with Crippen LogP contribution >= 0.6 is 0 Å². The normalized spacial score (nSPS) is 11.1. The van der Waals surface area contributed by atoms with Crippen molar-refractivity contribution in [3.05, 3.63) is 47.3 Å². The van der Waals surface area contributed by atoms with Gasteiger partial charge in [0.15, 0.2) is 0 Å². The van der Waals surface area contributed by atoms with E-state index in [1.54, 1.807) is 0 Å². The van der Waals surface area contributed by atoms with E-state index in [1.165, 1.54) is 96.3 Å². The highest BCUT2D eigenvalue weighted by Crippen LogP contribution is 2.18. The summed E-state index contributed by atoms with van der Waals surface area (Å²) in [5.41, 5.74) is 3.37. The maximum atomic E-state index is 12.7. The summed E-state index contributed by atoms with van der Waals surface area (Å²) in [5, 5.41) is 7.69. The molecule has 1 amide bonds. The molecule has 0 fully saturated rings. The summed E-state index contributed by atoms with van der Waals surface area (Å²) in [4.78, 5) is 12.7. The molecule has 0 spiro atoms. The van der Waals surface area contributed by atoms with Gasteiger partial charge < -0.3 is 5.32 Å². The average molecular weight is 468 g/mol. The van der Waals surface area contributed by atoms with Crippen LogP contribution in [0.5, 0.6) is 0 Å². The van der Waals surface area contributed by atoms with Gasteiger partial charge in [-0.3, -0.25) is 4.79 Å². The maximum absolute atomic E-state index is 12.7. The van der Waals surface area contributed by atoms with Gasteiger partial charge in [0, 0.05) is 6.54 Å². The lowest BCUT2D eigenvalue weighted by atomic mass is 10.0. The fraction of sp³-hybridized carbons (Fsp3) is 0.667. The number of aryl methyl sites for hydroxylation is 1. The van der Waals surface area contributed by atoms with E-state index in [-0.39, 0.29) is 5.91 Å². The van der Waals surface area contributed by atoms with E-state index in [9.17, 15) is 4.79 Å². The third-order valence-corrected chi connectivity index (χ3v) is 6.84. The first kappa shape index (κ1) is 28.1. The highest BCUT2D eigenvalue weighted by molar-refractivity contribution is 5.96. The van der Waals surface area contributed by atoms with Crippen molar-refractivity contribution in [2.45, 2.75) is 124 Å². The summed E-state index contributed by atoms with van der Waals surface area (Å²) < 4.78 is 1.86. The fourth-order valence-corrected chi connectivity index (χ4v) is 4.76. The van der Waals surface area contributed by atoms with Crippen LogP contribution < -0.4 is 5.32 Å². The zero-order chi connectivity index (χ0) is 24.4. The number of unbranched alkanes of at least 4 members (excludes halogenated alkanes) is 15. The molecular formula is C30H49N3O. The number of amides is 1. The molecule has 1 heterocycles. The predicted molar refractivity (Wildman–Crippen MR) is 145 cm³/mol. The van der Waals surface area contributed by atoms with Crippen molar-refractivity contribution in [1.29, 1.82) is 0 Å². The Balaban J connectivity index is 1.46. The smallest absolute Gasteiger partial charge is 0.255 e. The van der Waals surface area contributed by atoms with Crippen LogP contribution in [-0.4, -0.2) is 22.2 Å². The number of rotatable bonds is 19. The van der Waals surface area contributed by atoms with Gasteiger partial charge in [0.05, 0.1) is 22.6 Å². The highest BCUT2D eigenvalue weighted by Gasteiger charge is 2.18. The van der Waals surface area contributed by atoms with Crippen molar-refractivity contribution in [3.63, 3.8) is 0 Å². The Hall–Kier alpha value is -2.10. The summed E-state index contributed by atoms with van der Waals surface area (Å²) in [6.07, 6.45) is 21.8. The van der Waals surface area contributed by atoms with E-state index in [0.29, 0.717) is 5.56 Å². The van der Waals surface area contributed by atoms with Crippen LogP contribution in [0.4, 0.5) is 0 Å². The van der Waals surface area contributed by atoms with Gasteiger partial charge in [-0.2, -0.15) is 5.10 Å². The Morgan fingerprint density at radius 3 is 1.71 bits per heavy atom. The second-order valence-corrected chi connectivity index (χ2v) is 9.85. The molecule has 0 atom stereocenters. The predicted octanol–water partition coefficient (Wildman–Crippen LogP) is 8.48. The molecule has 0 aliphatic carbocycles. The van der Waals surface area contributed by atoms with Crippen LogP contribution in [-0.2, 0) is 0 Å². The first-order chi connectivity index (χ1) is 16.6. The summed E-state index contributed by atoms with van der Waals surface area (Å²) in [6, 6.07) is 9.99. The number of para-hydroxylation sites is 1. The van der Waals surface area contributed by atoms with Crippen molar-refractivity contribution in [2.24, 2.45) is 0 Å². The van der Waals surface area contributed by atoms with Crippen molar-refractivity contribution in [2.75, 3.05) is 6.54 Å². The second kappa shape index (κ2) is 17.4. The lowest BCUT2D eigenvalue weighted by molar-refractivity contribution is 0.0951. The maximum Gasteiger partial charge on any atom is 0.255 e. The van der Waals surface area contributed by atoms with Crippen molar-refractivity contribution >= 4 is 5.91 Å². The van der Waals surface area contributed by atoms with Gasteiger partial charge in [-0.25, -0.2) is 4.68 Å². The van der Waals surface area contributed by atoms with Gasteiger partial charge >= 0.3 is 0 Å². The molecule has 1 N–H and O–H groups in total. The Morgan fingerprint density at radius 1 is 0.735 bits per heavy atom. The van der Waals surface area contributed by atoms with E-state index in [1.807, 2.05) is 48.9 Å². The van der Waals surface area contributed by atoms with Crippen LogP contribution in [0, 0.1) is 13.8 Å². The summed E-state index contributed by atoms with van der Waals surface area (Å²) in [7, 11) is 0. The number of hydrogen-bond donors (Lipinski definition) is 1. The molecule has 0 bridgehead atoms. The van der Waals surface area contributed by atoms with Crippen molar-refractivity contribution < 1.29 is 4.79 Å². The van der Waals surface area contributed by atoms with Crippen LogP contribution in [0.2, 0.25) is 0 Å². The number of carbonyl (C=O) groups excluding carboxylic acids is 1. The Labute approximate surface area is 208 Å². The molecule has 1 aromatic heterocycles. The van der Waals surface area contributed by atoms with Crippen LogP contribution in [0.25, 0.3) is 5.69 Å². The molecule has 4 heteroatoms. The molecule has 0 unspecified atom stereocenters. The number of nitrogens with zero attached hydrogens (tertiary/aromatic N) is 2. The largest absolute Gasteiger partial charge is 0.352 e. The van der Waals surface area contributed by atoms with E-state index >= 15 is 0 Å². The average Bonchev–Trinajstić information content (AvgIpc) is 3.15. The van der Waals surface area contributed by atoms with Gasteiger partial charge in [-0.15, -0.1) is 0 Å². The highest BCUT2D eigenvalue weighted by atomic mass is 16.1. The Kier molecular flexibility index (Phi) is 14.4. The van der Waals surface area contributed by atoms with E-state index in [4.69, 9.17) is 0 Å². The van der Waals surface area contributed by atoms with Crippen molar-refractivity contribution in [3.8, 4) is 5.69 Å². The first-order valence-electron chi connectivity index (χ1n) is 14.0. The van der Waals surface area contributed by atoms with Gasteiger partial charge in [-0.1, -0.05) is 121 Å². The Morgan fingerprint density at radius 2 is 1.21 bits per heavy atom. The lowest BCUT2D eigenvalue weighted by Crippen LogP contribution is -2.25. The molecule has 2 rings (SSSR count).